The molecule has 6 nitrogen and oxygen atoms in total. The normalized spacial score (nSPS) is 20.3. The van der Waals surface area contributed by atoms with Crippen LogP contribution in [-0.2, 0) is 17.4 Å². The van der Waals surface area contributed by atoms with Crippen LogP contribution in [0.15, 0.2) is 0 Å². The van der Waals surface area contributed by atoms with Crippen molar-refractivity contribution in [3.05, 3.63) is 22.8 Å². The topological polar surface area (TPSA) is 72.2 Å². The Kier molecular flexibility index (Phi) is 6.62. The molecule has 0 unspecified atom stereocenters. The van der Waals surface area contributed by atoms with Crippen LogP contribution < -0.4 is 5.32 Å². The molecule has 0 spiro atoms. The number of nitrogens with one attached hydrogen (secondary N) is 1. The second kappa shape index (κ2) is 8.74. The number of nitrogens with zero attached hydrogens (tertiary/aromatic N) is 4. The van der Waals surface area contributed by atoms with Crippen LogP contribution in [0.25, 0.3) is 5.78 Å². The van der Waals surface area contributed by atoms with E-state index in [9.17, 15) is 18.0 Å². The number of aryl methyl sites for hydroxylation is 2. The Bertz CT molecular complexity index is 943. The third-order valence-electron chi connectivity index (χ3n) is 7.01. The molecule has 2 aromatic heterocycles. The molecule has 1 amide bonds. The van der Waals surface area contributed by atoms with E-state index in [1.807, 2.05) is 0 Å². The SMILES string of the molecule is CCC(C)(C)C1CCC(NC(=O)CCc2c(C)nc3nc(C(F)(F)F)nn3c2C)CC1. The number of carbonyl (C=O) groups is 1. The van der Waals surface area contributed by atoms with E-state index in [0.717, 1.165) is 42.2 Å². The zero-order valence-corrected chi connectivity index (χ0v) is 18.9. The largest absolute Gasteiger partial charge is 0.453 e. The number of hydrogen-bond donors (Lipinski definition) is 1. The molecule has 1 aliphatic carbocycles. The highest BCUT2D eigenvalue weighted by Crippen LogP contribution is 2.40. The van der Waals surface area contributed by atoms with Gasteiger partial charge < -0.3 is 5.32 Å². The summed E-state index contributed by atoms with van der Waals surface area (Å²) in [5.74, 6) is -0.633. The minimum atomic E-state index is -4.63. The van der Waals surface area contributed by atoms with Crippen molar-refractivity contribution in [1.29, 1.82) is 0 Å². The zero-order chi connectivity index (χ0) is 23.0. The first-order chi connectivity index (χ1) is 14.4. The van der Waals surface area contributed by atoms with Gasteiger partial charge in [0, 0.05) is 23.9 Å². The molecule has 0 aromatic carbocycles. The molecule has 3 rings (SSSR count). The zero-order valence-electron chi connectivity index (χ0n) is 18.9. The van der Waals surface area contributed by atoms with Gasteiger partial charge in [0.1, 0.15) is 0 Å². The van der Waals surface area contributed by atoms with Gasteiger partial charge in [0.05, 0.1) is 0 Å². The van der Waals surface area contributed by atoms with Gasteiger partial charge in [-0.25, -0.2) is 9.50 Å². The lowest BCUT2D eigenvalue weighted by atomic mass is 9.69. The summed E-state index contributed by atoms with van der Waals surface area (Å²) in [6, 6.07) is 0.198. The van der Waals surface area contributed by atoms with Crippen molar-refractivity contribution in [2.45, 2.75) is 91.8 Å². The average Bonchev–Trinajstić information content (AvgIpc) is 3.13. The molecule has 172 valence electrons. The summed E-state index contributed by atoms with van der Waals surface area (Å²) < 4.78 is 39.9. The fourth-order valence-corrected chi connectivity index (χ4v) is 4.54. The van der Waals surface area contributed by atoms with E-state index in [0.29, 0.717) is 29.1 Å². The summed E-state index contributed by atoms with van der Waals surface area (Å²) >= 11 is 0. The second-order valence-electron chi connectivity index (χ2n) is 9.36. The molecule has 0 bridgehead atoms. The Morgan fingerprint density at radius 2 is 1.77 bits per heavy atom. The van der Waals surface area contributed by atoms with E-state index in [1.165, 1.54) is 0 Å². The molecular formula is C22H32F3N5O. The third-order valence-corrected chi connectivity index (χ3v) is 7.01. The van der Waals surface area contributed by atoms with Gasteiger partial charge in [-0.05, 0) is 62.8 Å². The maximum absolute atomic E-state index is 12.9. The van der Waals surface area contributed by atoms with Crippen molar-refractivity contribution < 1.29 is 18.0 Å². The molecule has 1 fully saturated rings. The Labute approximate surface area is 181 Å². The van der Waals surface area contributed by atoms with Crippen LogP contribution in [-0.4, -0.2) is 31.5 Å². The van der Waals surface area contributed by atoms with Crippen molar-refractivity contribution >= 4 is 11.7 Å². The van der Waals surface area contributed by atoms with E-state index in [4.69, 9.17) is 0 Å². The maximum Gasteiger partial charge on any atom is 0.453 e. The Morgan fingerprint density at radius 1 is 1.13 bits per heavy atom. The molecule has 1 aliphatic rings. The van der Waals surface area contributed by atoms with Crippen LogP contribution in [0.2, 0.25) is 0 Å². The van der Waals surface area contributed by atoms with Gasteiger partial charge in [-0.3, -0.25) is 4.79 Å². The van der Waals surface area contributed by atoms with Gasteiger partial charge in [0.15, 0.2) is 0 Å². The predicted octanol–water partition coefficient (Wildman–Crippen LogP) is 4.80. The summed E-state index contributed by atoms with van der Waals surface area (Å²) in [6.45, 7) is 10.3. The lowest BCUT2D eigenvalue weighted by molar-refractivity contribution is -0.144. The number of alkyl halides is 3. The van der Waals surface area contributed by atoms with Gasteiger partial charge in [-0.15, -0.1) is 5.10 Å². The number of fused-ring (bicyclic) bond motifs is 1. The fourth-order valence-electron chi connectivity index (χ4n) is 4.54. The monoisotopic (exact) mass is 439 g/mol. The third kappa shape index (κ3) is 5.18. The number of amides is 1. The smallest absolute Gasteiger partial charge is 0.353 e. The molecule has 9 heteroatoms. The fraction of sp³-hybridized carbons (Fsp3) is 0.727. The Hall–Kier alpha value is -2.19. The number of halogens is 3. The second-order valence-corrected chi connectivity index (χ2v) is 9.36. The van der Waals surface area contributed by atoms with Crippen molar-refractivity contribution in [3.63, 3.8) is 0 Å². The van der Waals surface area contributed by atoms with Crippen LogP contribution in [0.3, 0.4) is 0 Å². The summed E-state index contributed by atoms with van der Waals surface area (Å²) in [4.78, 5) is 20.2. The molecule has 1 N–H and O–H groups in total. The highest BCUT2D eigenvalue weighted by atomic mass is 19.4. The minimum Gasteiger partial charge on any atom is -0.353 e. The van der Waals surface area contributed by atoms with Crippen LogP contribution in [0, 0.1) is 25.2 Å². The number of carbonyl (C=O) groups excluding carboxylic acids is 1. The molecular weight excluding hydrogens is 407 g/mol. The number of aromatic nitrogens is 4. The Balaban J connectivity index is 1.60. The van der Waals surface area contributed by atoms with Crippen LogP contribution in [0.5, 0.6) is 0 Å². The molecule has 0 atom stereocenters. The van der Waals surface area contributed by atoms with Gasteiger partial charge >= 0.3 is 6.18 Å². The van der Waals surface area contributed by atoms with Gasteiger partial charge in [0.25, 0.3) is 11.6 Å². The number of hydrogen-bond acceptors (Lipinski definition) is 4. The molecule has 2 aromatic rings. The van der Waals surface area contributed by atoms with E-state index in [-0.39, 0.29) is 24.1 Å². The summed E-state index contributed by atoms with van der Waals surface area (Å²) in [6.07, 6.45) is 1.41. The van der Waals surface area contributed by atoms with Crippen molar-refractivity contribution in [2.75, 3.05) is 0 Å². The maximum atomic E-state index is 12.9. The van der Waals surface area contributed by atoms with Gasteiger partial charge in [-0.2, -0.15) is 18.2 Å². The summed E-state index contributed by atoms with van der Waals surface area (Å²) in [7, 11) is 0. The van der Waals surface area contributed by atoms with Gasteiger partial charge in [-0.1, -0.05) is 27.2 Å². The average molecular weight is 440 g/mol. The Morgan fingerprint density at radius 3 is 2.35 bits per heavy atom. The van der Waals surface area contributed by atoms with Crippen molar-refractivity contribution in [1.82, 2.24) is 24.9 Å². The molecule has 31 heavy (non-hydrogen) atoms. The highest BCUT2D eigenvalue weighted by molar-refractivity contribution is 5.76. The van der Waals surface area contributed by atoms with E-state index in [1.54, 1.807) is 13.8 Å². The molecule has 2 heterocycles. The van der Waals surface area contributed by atoms with E-state index in [2.05, 4.69) is 41.2 Å². The molecule has 0 saturated heterocycles. The lowest BCUT2D eigenvalue weighted by Crippen LogP contribution is -2.40. The first kappa shape index (κ1) is 23.5. The van der Waals surface area contributed by atoms with Crippen LogP contribution in [0.4, 0.5) is 13.2 Å². The first-order valence-electron chi connectivity index (χ1n) is 11.0. The van der Waals surface area contributed by atoms with E-state index >= 15 is 0 Å². The van der Waals surface area contributed by atoms with Crippen LogP contribution >= 0.6 is 0 Å². The van der Waals surface area contributed by atoms with Crippen LogP contribution in [0.1, 0.15) is 82.1 Å². The summed E-state index contributed by atoms with van der Waals surface area (Å²) in [5, 5.41) is 6.69. The predicted molar refractivity (Wildman–Crippen MR) is 112 cm³/mol. The quantitative estimate of drug-likeness (QED) is 0.702. The van der Waals surface area contributed by atoms with Crippen molar-refractivity contribution in [3.8, 4) is 0 Å². The van der Waals surface area contributed by atoms with Crippen molar-refractivity contribution in [2.24, 2.45) is 11.3 Å². The van der Waals surface area contributed by atoms with Gasteiger partial charge in [0.2, 0.25) is 5.91 Å². The summed E-state index contributed by atoms with van der Waals surface area (Å²) in [5.41, 5.74) is 2.17. The lowest BCUT2D eigenvalue weighted by Gasteiger charge is -2.39. The number of rotatable bonds is 6. The van der Waals surface area contributed by atoms with E-state index < -0.39 is 12.0 Å². The standard InChI is InChI=1S/C22H32F3N5O/c1-6-21(4,5)15-7-9-16(10-8-15)27-18(31)12-11-17-13(2)26-20-28-19(22(23,24)25)29-30(20)14(17)3/h15-16H,6-12H2,1-5H3,(H,27,31). The highest BCUT2D eigenvalue weighted by Gasteiger charge is 2.37. The molecule has 1 saturated carbocycles. The first-order valence-corrected chi connectivity index (χ1v) is 11.0. The minimum absolute atomic E-state index is 0.0355. The molecule has 0 radical (unpaired) electrons. The molecule has 0 aliphatic heterocycles.